The molecule has 4 nitrogen and oxygen atoms in total. The van der Waals surface area contributed by atoms with E-state index in [0.29, 0.717) is 26.1 Å². The quantitative estimate of drug-likeness (QED) is 0.719. The fourth-order valence-electron chi connectivity index (χ4n) is 2.11. The van der Waals surface area contributed by atoms with Crippen LogP contribution in [0.3, 0.4) is 0 Å². The number of hydrogen-bond donors (Lipinski definition) is 0. The predicted octanol–water partition coefficient (Wildman–Crippen LogP) is 2.60. The summed E-state index contributed by atoms with van der Waals surface area (Å²) in [6, 6.07) is 5.80. The summed E-state index contributed by atoms with van der Waals surface area (Å²) in [4.78, 5) is 23.1. The molecule has 0 spiro atoms. The average molecular weight is 278 g/mol. The van der Waals surface area contributed by atoms with Crippen molar-refractivity contribution in [1.82, 2.24) is 0 Å². The number of aryl methyl sites for hydroxylation is 1. The van der Waals surface area contributed by atoms with Crippen LogP contribution in [-0.2, 0) is 31.9 Å². The molecule has 0 saturated heterocycles. The minimum atomic E-state index is -0.240. The molecule has 0 heterocycles. The molecule has 4 heteroatoms. The fourth-order valence-corrected chi connectivity index (χ4v) is 2.11. The Kier molecular flexibility index (Phi) is 6.77. The average Bonchev–Trinajstić information content (AvgIpc) is 2.38. The summed E-state index contributed by atoms with van der Waals surface area (Å²) in [6.45, 7) is 6.33. The van der Waals surface area contributed by atoms with Crippen LogP contribution in [0.2, 0.25) is 0 Å². The van der Waals surface area contributed by atoms with Gasteiger partial charge in [-0.15, -0.1) is 0 Å². The maximum Gasteiger partial charge on any atom is 0.310 e. The van der Waals surface area contributed by atoms with Crippen LogP contribution in [0.5, 0.6) is 0 Å². The van der Waals surface area contributed by atoms with Gasteiger partial charge in [-0.3, -0.25) is 9.59 Å². The summed E-state index contributed by atoms with van der Waals surface area (Å²) in [6.07, 6.45) is 1.16. The minimum Gasteiger partial charge on any atom is -0.466 e. The van der Waals surface area contributed by atoms with Gasteiger partial charge in [-0.25, -0.2) is 0 Å². The van der Waals surface area contributed by atoms with Gasteiger partial charge in [0.15, 0.2) is 0 Å². The van der Waals surface area contributed by atoms with Crippen molar-refractivity contribution in [2.45, 2.75) is 40.0 Å². The lowest BCUT2D eigenvalue weighted by Crippen LogP contribution is -2.11. The standard InChI is InChI=1S/C16H22O4/c1-4-19-15(17)10-9-14-12(3)7-6-8-13(14)11-16(18)20-5-2/h6-8H,4-5,9-11H2,1-3H3. The first kappa shape index (κ1) is 16.2. The zero-order chi connectivity index (χ0) is 15.0. The molecule has 0 aliphatic heterocycles. The molecule has 0 aliphatic carbocycles. The van der Waals surface area contributed by atoms with Crippen molar-refractivity contribution in [3.63, 3.8) is 0 Å². The van der Waals surface area contributed by atoms with Gasteiger partial charge in [0.05, 0.1) is 19.6 Å². The molecule has 0 aliphatic rings. The highest BCUT2D eigenvalue weighted by molar-refractivity contribution is 5.73. The van der Waals surface area contributed by atoms with Crippen molar-refractivity contribution in [2.24, 2.45) is 0 Å². The predicted molar refractivity (Wildman–Crippen MR) is 76.5 cm³/mol. The molecule has 1 aromatic carbocycles. The van der Waals surface area contributed by atoms with E-state index in [4.69, 9.17) is 9.47 Å². The smallest absolute Gasteiger partial charge is 0.310 e. The molecule has 1 rings (SSSR count). The van der Waals surface area contributed by atoms with Crippen LogP contribution in [0.4, 0.5) is 0 Å². The van der Waals surface area contributed by atoms with Crippen LogP contribution < -0.4 is 0 Å². The molecule has 0 amide bonds. The van der Waals surface area contributed by atoms with Crippen LogP contribution in [0.15, 0.2) is 18.2 Å². The SMILES string of the molecule is CCOC(=O)CCc1c(C)cccc1CC(=O)OCC. The Labute approximate surface area is 120 Å². The molecule has 0 saturated carbocycles. The number of esters is 2. The van der Waals surface area contributed by atoms with Crippen molar-refractivity contribution < 1.29 is 19.1 Å². The fraction of sp³-hybridized carbons (Fsp3) is 0.500. The van der Waals surface area contributed by atoms with E-state index in [9.17, 15) is 9.59 Å². The molecule has 0 atom stereocenters. The number of ether oxygens (including phenoxy) is 2. The highest BCUT2D eigenvalue weighted by Gasteiger charge is 2.12. The molecule has 0 N–H and O–H groups in total. The highest BCUT2D eigenvalue weighted by atomic mass is 16.5. The Bertz CT molecular complexity index is 466. The Balaban J connectivity index is 2.77. The van der Waals surface area contributed by atoms with E-state index in [1.165, 1.54) is 0 Å². The Morgan fingerprint density at radius 2 is 1.70 bits per heavy atom. The molecule has 0 unspecified atom stereocenters. The summed E-state index contributed by atoms with van der Waals surface area (Å²) < 4.78 is 9.91. The van der Waals surface area contributed by atoms with Crippen LogP contribution >= 0.6 is 0 Å². The zero-order valence-corrected chi connectivity index (χ0v) is 12.4. The van der Waals surface area contributed by atoms with Gasteiger partial charge < -0.3 is 9.47 Å². The Hall–Kier alpha value is -1.84. The molecule has 1 aromatic rings. The van der Waals surface area contributed by atoms with Gasteiger partial charge in [0.25, 0.3) is 0 Å². The van der Waals surface area contributed by atoms with Crippen molar-refractivity contribution in [2.75, 3.05) is 13.2 Å². The molecule has 0 aromatic heterocycles. The van der Waals surface area contributed by atoms with E-state index in [0.717, 1.165) is 16.7 Å². The van der Waals surface area contributed by atoms with Gasteiger partial charge in [-0.1, -0.05) is 18.2 Å². The molecule has 0 radical (unpaired) electrons. The topological polar surface area (TPSA) is 52.6 Å². The van der Waals surface area contributed by atoms with Crippen LogP contribution in [0.25, 0.3) is 0 Å². The first-order chi connectivity index (χ1) is 9.58. The van der Waals surface area contributed by atoms with Crippen molar-refractivity contribution in [1.29, 1.82) is 0 Å². The first-order valence-electron chi connectivity index (χ1n) is 6.97. The molecule has 110 valence electrons. The number of benzene rings is 1. The van der Waals surface area contributed by atoms with Crippen LogP contribution in [0, 0.1) is 6.92 Å². The largest absolute Gasteiger partial charge is 0.466 e. The van der Waals surface area contributed by atoms with Gasteiger partial charge in [-0.05, 0) is 43.9 Å². The lowest BCUT2D eigenvalue weighted by Gasteiger charge is -2.12. The minimum absolute atomic E-state index is 0.210. The van der Waals surface area contributed by atoms with Gasteiger partial charge in [-0.2, -0.15) is 0 Å². The van der Waals surface area contributed by atoms with Gasteiger partial charge in [0, 0.05) is 6.42 Å². The van der Waals surface area contributed by atoms with E-state index in [1.807, 2.05) is 25.1 Å². The number of carbonyl (C=O) groups is 2. The lowest BCUT2D eigenvalue weighted by molar-refractivity contribution is -0.143. The van der Waals surface area contributed by atoms with Gasteiger partial charge >= 0.3 is 11.9 Å². The first-order valence-corrected chi connectivity index (χ1v) is 6.97. The van der Waals surface area contributed by atoms with Gasteiger partial charge in [0.2, 0.25) is 0 Å². The summed E-state index contributed by atoms with van der Waals surface area (Å²) in [5.41, 5.74) is 3.04. The highest BCUT2D eigenvalue weighted by Crippen LogP contribution is 2.17. The summed E-state index contributed by atoms with van der Waals surface area (Å²) in [5, 5.41) is 0. The summed E-state index contributed by atoms with van der Waals surface area (Å²) in [7, 11) is 0. The third-order valence-corrected chi connectivity index (χ3v) is 3.03. The normalized spacial score (nSPS) is 10.2. The third-order valence-electron chi connectivity index (χ3n) is 3.03. The van der Waals surface area contributed by atoms with Crippen molar-refractivity contribution >= 4 is 11.9 Å². The Morgan fingerprint density at radius 1 is 1.05 bits per heavy atom. The summed E-state index contributed by atoms with van der Waals surface area (Å²) >= 11 is 0. The van der Waals surface area contributed by atoms with Crippen molar-refractivity contribution in [3.8, 4) is 0 Å². The second-order valence-electron chi connectivity index (χ2n) is 4.50. The Morgan fingerprint density at radius 3 is 2.35 bits per heavy atom. The second-order valence-corrected chi connectivity index (χ2v) is 4.50. The van der Waals surface area contributed by atoms with E-state index in [1.54, 1.807) is 13.8 Å². The van der Waals surface area contributed by atoms with E-state index >= 15 is 0 Å². The van der Waals surface area contributed by atoms with Crippen molar-refractivity contribution in [3.05, 3.63) is 34.9 Å². The lowest BCUT2D eigenvalue weighted by atomic mass is 9.96. The van der Waals surface area contributed by atoms with Crippen LogP contribution in [-0.4, -0.2) is 25.2 Å². The molecule has 0 fully saturated rings. The number of rotatable bonds is 7. The molecular formula is C16H22O4. The van der Waals surface area contributed by atoms with Gasteiger partial charge in [0.1, 0.15) is 0 Å². The van der Waals surface area contributed by atoms with Crippen LogP contribution in [0.1, 0.15) is 37.0 Å². The maximum absolute atomic E-state index is 11.6. The molecule has 0 bridgehead atoms. The molecular weight excluding hydrogens is 256 g/mol. The number of hydrogen-bond acceptors (Lipinski definition) is 4. The zero-order valence-electron chi connectivity index (χ0n) is 12.4. The summed E-state index contributed by atoms with van der Waals surface area (Å²) in [5.74, 6) is -0.451. The molecule has 20 heavy (non-hydrogen) atoms. The third kappa shape index (κ3) is 5.03. The van der Waals surface area contributed by atoms with E-state index < -0.39 is 0 Å². The second kappa shape index (κ2) is 8.35. The van der Waals surface area contributed by atoms with E-state index in [2.05, 4.69) is 0 Å². The van der Waals surface area contributed by atoms with E-state index in [-0.39, 0.29) is 18.4 Å². The number of carbonyl (C=O) groups excluding carboxylic acids is 2. The maximum atomic E-state index is 11.6. The monoisotopic (exact) mass is 278 g/mol.